The van der Waals surface area contributed by atoms with Gasteiger partial charge in [0.25, 0.3) is 0 Å². The summed E-state index contributed by atoms with van der Waals surface area (Å²) in [6.45, 7) is 1.18. The first-order valence-electron chi connectivity index (χ1n) is 8.27. The second-order valence-corrected chi connectivity index (χ2v) is 7.29. The summed E-state index contributed by atoms with van der Waals surface area (Å²) >= 11 is 1.10. The van der Waals surface area contributed by atoms with E-state index in [1.54, 1.807) is 7.11 Å². The van der Waals surface area contributed by atoms with E-state index in [0.717, 1.165) is 16.7 Å². The second-order valence-electron chi connectivity index (χ2n) is 6.05. The van der Waals surface area contributed by atoms with Crippen molar-refractivity contribution in [1.82, 2.24) is 4.90 Å². The first-order chi connectivity index (χ1) is 12.4. The molecule has 3 unspecified atom stereocenters. The standard InChI is InChI=1S/C15H25NO9S/c1-23-4-5-24-3-2-16-10(17)6-9(14(16)21)26-7-8-11(18)12(19)13(20)15(22)25-8/h8-9,11-13,15,18-20,22H,2-7H2,1H3/t8?,9?,11-,12-,13?,15+/m0/s1. The van der Waals surface area contributed by atoms with Gasteiger partial charge in [0.1, 0.15) is 18.3 Å². The van der Waals surface area contributed by atoms with Crippen LogP contribution in [0.4, 0.5) is 0 Å². The summed E-state index contributed by atoms with van der Waals surface area (Å²) < 4.78 is 15.2. The van der Waals surface area contributed by atoms with Gasteiger partial charge in [0.15, 0.2) is 6.29 Å². The molecule has 0 saturated carbocycles. The number of ether oxygens (including phenoxy) is 3. The Labute approximate surface area is 155 Å². The van der Waals surface area contributed by atoms with Crippen molar-refractivity contribution in [2.24, 2.45) is 0 Å². The highest BCUT2D eigenvalue weighted by Gasteiger charge is 2.44. The molecule has 0 radical (unpaired) electrons. The third-order valence-corrected chi connectivity index (χ3v) is 5.53. The summed E-state index contributed by atoms with van der Waals surface area (Å²) in [7, 11) is 1.55. The summed E-state index contributed by atoms with van der Waals surface area (Å²) in [5.74, 6) is -0.575. The first kappa shape index (κ1) is 21.5. The zero-order chi connectivity index (χ0) is 19.3. The normalized spacial score (nSPS) is 35.3. The van der Waals surface area contributed by atoms with E-state index < -0.39 is 36.0 Å². The number of hydrogen-bond acceptors (Lipinski definition) is 10. The van der Waals surface area contributed by atoms with Gasteiger partial charge in [0.05, 0.1) is 37.7 Å². The highest BCUT2D eigenvalue weighted by Crippen LogP contribution is 2.29. The van der Waals surface area contributed by atoms with Gasteiger partial charge in [-0.2, -0.15) is 0 Å². The Morgan fingerprint density at radius 3 is 2.54 bits per heavy atom. The first-order valence-corrected chi connectivity index (χ1v) is 9.32. The van der Waals surface area contributed by atoms with Crippen LogP contribution in [0, 0.1) is 0 Å². The molecule has 0 aromatic carbocycles. The number of imide groups is 1. The largest absolute Gasteiger partial charge is 0.388 e. The average Bonchev–Trinajstić information content (AvgIpc) is 2.89. The van der Waals surface area contributed by atoms with E-state index in [1.807, 2.05) is 0 Å². The van der Waals surface area contributed by atoms with Gasteiger partial charge >= 0.3 is 0 Å². The highest BCUT2D eigenvalue weighted by atomic mass is 32.2. The van der Waals surface area contributed by atoms with Gasteiger partial charge < -0.3 is 34.6 Å². The van der Waals surface area contributed by atoms with Crippen molar-refractivity contribution < 1.29 is 44.2 Å². The minimum Gasteiger partial charge on any atom is -0.388 e. The number of carbonyl (C=O) groups is 2. The number of thioether (sulfide) groups is 1. The number of nitrogens with zero attached hydrogens (tertiary/aromatic N) is 1. The molecule has 26 heavy (non-hydrogen) atoms. The summed E-state index contributed by atoms with van der Waals surface area (Å²) in [6, 6.07) is 0. The van der Waals surface area contributed by atoms with E-state index >= 15 is 0 Å². The van der Waals surface area contributed by atoms with Crippen LogP contribution in [-0.2, 0) is 23.8 Å². The minimum absolute atomic E-state index is 0.0259. The number of likely N-dealkylation sites (tertiary alicyclic amines) is 1. The number of amides is 2. The smallest absolute Gasteiger partial charge is 0.242 e. The van der Waals surface area contributed by atoms with Gasteiger partial charge in [-0.25, -0.2) is 0 Å². The predicted molar refractivity (Wildman–Crippen MR) is 89.2 cm³/mol. The van der Waals surface area contributed by atoms with Gasteiger partial charge in [-0.05, 0) is 0 Å². The second kappa shape index (κ2) is 9.95. The lowest BCUT2D eigenvalue weighted by Crippen LogP contribution is -2.58. The monoisotopic (exact) mass is 395 g/mol. The van der Waals surface area contributed by atoms with E-state index in [2.05, 4.69) is 0 Å². The Bertz CT molecular complexity index is 494. The van der Waals surface area contributed by atoms with E-state index in [-0.39, 0.29) is 37.1 Å². The maximum atomic E-state index is 12.3. The molecule has 0 aromatic rings. The van der Waals surface area contributed by atoms with Crippen LogP contribution in [0.1, 0.15) is 6.42 Å². The number of aliphatic hydroxyl groups is 4. The lowest BCUT2D eigenvalue weighted by molar-refractivity contribution is -0.276. The topological polar surface area (TPSA) is 146 Å². The van der Waals surface area contributed by atoms with Crippen molar-refractivity contribution in [2.75, 3.05) is 39.2 Å². The van der Waals surface area contributed by atoms with Crippen LogP contribution in [0.2, 0.25) is 0 Å². The van der Waals surface area contributed by atoms with Crippen LogP contribution in [0.25, 0.3) is 0 Å². The maximum Gasteiger partial charge on any atom is 0.242 e. The predicted octanol–water partition coefficient (Wildman–Crippen LogP) is -2.69. The van der Waals surface area contributed by atoms with Gasteiger partial charge in [0.2, 0.25) is 11.8 Å². The van der Waals surface area contributed by atoms with Crippen LogP contribution in [-0.4, -0.2) is 112 Å². The molecule has 2 saturated heterocycles. The SMILES string of the molecule is COCCOCCN1C(=O)CC(SCC2O[C@@H](O)C(O)[C@@H](O)[C@H]2O)C1=O. The Kier molecular flexibility index (Phi) is 8.23. The fourth-order valence-corrected chi connectivity index (χ4v) is 3.93. The molecule has 11 heteroatoms. The number of aliphatic hydroxyl groups excluding tert-OH is 4. The molecule has 2 rings (SSSR count). The van der Waals surface area contributed by atoms with Crippen molar-refractivity contribution in [1.29, 1.82) is 0 Å². The van der Waals surface area contributed by atoms with E-state index in [9.17, 15) is 30.0 Å². The number of hydrogen-bond donors (Lipinski definition) is 4. The molecule has 0 bridgehead atoms. The molecule has 6 atom stereocenters. The van der Waals surface area contributed by atoms with Crippen LogP contribution in [0.3, 0.4) is 0 Å². The van der Waals surface area contributed by atoms with Gasteiger partial charge in [-0.3, -0.25) is 14.5 Å². The molecule has 2 aliphatic heterocycles. The van der Waals surface area contributed by atoms with Crippen LogP contribution in [0.15, 0.2) is 0 Å². The summed E-state index contributed by atoms with van der Waals surface area (Å²) in [5.41, 5.74) is 0. The molecule has 4 N–H and O–H groups in total. The van der Waals surface area contributed by atoms with Crippen molar-refractivity contribution in [3.8, 4) is 0 Å². The molecule has 0 spiro atoms. The van der Waals surface area contributed by atoms with Crippen LogP contribution < -0.4 is 0 Å². The highest BCUT2D eigenvalue weighted by molar-refractivity contribution is 8.00. The summed E-state index contributed by atoms with van der Waals surface area (Å²) in [5, 5.41) is 37.9. The molecular weight excluding hydrogens is 370 g/mol. The zero-order valence-corrected chi connectivity index (χ0v) is 15.2. The zero-order valence-electron chi connectivity index (χ0n) is 14.4. The Hall–Kier alpha value is -0.790. The fourth-order valence-electron chi connectivity index (χ4n) is 2.70. The van der Waals surface area contributed by atoms with Crippen molar-refractivity contribution in [3.63, 3.8) is 0 Å². The Morgan fingerprint density at radius 2 is 1.85 bits per heavy atom. The van der Waals surface area contributed by atoms with Crippen molar-refractivity contribution >= 4 is 23.6 Å². The number of carbonyl (C=O) groups excluding carboxylic acids is 2. The van der Waals surface area contributed by atoms with Gasteiger partial charge in [-0.1, -0.05) is 0 Å². The summed E-state index contributed by atoms with van der Waals surface area (Å²) in [4.78, 5) is 25.5. The molecule has 0 aliphatic carbocycles. The molecule has 0 aromatic heterocycles. The third kappa shape index (κ3) is 5.14. The number of methoxy groups -OCH3 is 1. The molecule has 2 amide bonds. The molecule has 2 fully saturated rings. The van der Waals surface area contributed by atoms with Crippen molar-refractivity contribution in [2.45, 2.75) is 42.4 Å². The van der Waals surface area contributed by atoms with Crippen LogP contribution >= 0.6 is 11.8 Å². The van der Waals surface area contributed by atoms with Crippen molar-refractivity contribution in [3.05, 3.63) is 0 Å². The lowest BCUT2D eigenvalue weighted by Gasteiger charge is -2.38. The number of rotatable bonds is 9. The fraction of sp³-hybridized carbons (Fsp3) is 0.867. The molecular formula is C15H25NO9S. The molecule has 2 aliphatic rings. The van der Waals surface area contributed by atoms with E-state index in [0.29, 0.717) is 13.2 Å². The minimum atomic E-state index is -1.62. The molecule has 150 valence electrons. The molecule has 2 heterocycles. The third-order valence-electron chi connectivity index (χ3n) is 4.24. The summed E-state index contributed by atoms with van der Waals surface area (Å²) in [6.07, 6.45) is -7.12. The van der Waals surface area contributed by atoms with Gasteiger partial charge in [-0.15, -0.1) is 11.8 Å². The van der Waals surface area contributed by atoms with Crippen LogP contribution in [0.5, 0.6) is 0 Å². The van der Waals surface area contributed by atoms with E-state index in [4.69, 9.17) is 14.2 Å². The van der Waals surface area contributed by atoms with E-state index in [1.165, 1.54) is 0 Å². The Morgan fingerprint density at radius 1 is 1.12 bits per heavy atom. The lowest BCUT2D eigenvalue weighted by atomic mass is 10.0. The molecule has 10 nitrogen and oxygen atoms in total. The Balaban J connectivity index is 1.79. The van der Waals surface area contributed by atoms with Gasteiger partial charge in [0, 0.05) is 19.3 Å². The maximum absolute atomic E-state index is 12.3. The average molecular weight is 395 g/mol. The quantitative estimate of drug-likeness (QED) is 0.240.